The lowest BCUT2D eigenvalue weighted by atomic mass is 10.1. The molecule has 2 amide bonds. The lowest BCUT2D eigenvalue weighted by Crippen LogP contribution is -2.39. The van der Waals surface area contributed by atoms with Crippen LogP contribution in [0.1, 0.15) is 41.3 Å². The van der Waals surface area contributed by atoms with Crippen LogP contribution in [0, 0.1) is 0 Å². The van der Waals surface area contributed by atoms with Crippen LogP contribution >= 0.6 is 0 Å². The number of nitrogens with one attached hydrogen (secondary N) is 1. The molecular weight excluding hydrogens is 280 g/mol. The number of rotatable bonds is 6. The van der Waals surface area contributed by atoms with Crippen LogP contribution in [0.25, 0.3) is 0 Å². The molecule has 0 aromatic heterocycles. The first-order valence-electron chi connectivity index (χ1n) is 7.79. The minimum Gasteiger partial charge on any atom is -0.393 e. The van der Waals surface area contributed by atoms with Crippen molar-refractivity contribution in [1.82, 2.24) is 10.2 Å². The van der Waals surface area contributed by atoms with Crippen LogP contribution in [0.5, 0.6) is 0 Å². The molecule has 0 bridgehead atoms. The molecule has 5 heteroatoms. The molecule has 0 spiro atoms. The number of likely N-dealkylation sites (N-methyl/N-ethyl adjacent to an activating group) is 1. The predicted molar refractivity (Wildman–Crippen MR) is 84.7 cm³/mol. The van der Waals surface area contributed by atoms with Crippen molar-refractivity contribution in [3.63, 3.8) is 0 Å². The molecule has 1 unspecified atom stereocenters. The maximum Gasteiger partial charge on any atom is 0.251 e. The van der Waals surface area contributed by atoms with E-state index in [0.717, 1.165) is 19.3 Å². The summed E-state index contributed by atoms with van der Waals surface area (Å²) < 4.78 is 0. The largest absolute Gasteiger partial charge is 0.393 e. The third-order valence-electron chi connectivity index (χ3n) is 4.07. The molecule has 1 aromatic carbocycles. The molecule has 1 aromatic rings. The highest BCUT2D eigenvalue weighted by Gasteiger charge is 2.15. The fourth-order valence-electron chi connectivity index (χ4n) is 2.61. The molecule has 22 heavy (non-hydrogen) atoms. The van der Waals surface area contributed by atoms with Crippen molar-refractivity contribution >= 4 is 11.8 Å². The average Bonchev–Trinajstić information content (AvgIpc) is 2.97. The predicted octanol–water partition coefficient (Wildman–Crippen LogP) is 1.13. The highest BCUT2D eigenvalue weighted by atomic mass is 16.3. The monoisotopic (exact) mass is 304 g/mol. The van der Waals surface area contributed by atoms with Gasteiger partial charge in [0.1, 0.15) is 0 Å². The number of hydrogen-bond acceptors (Lipinski definition) is 3. The molecule has 2 N–H and O–H groups in total. The second-order valence-electron chi connectivity index (χ2n) is 5.97. The summed E-state index contributed by atoms with van der Waals surface area (Å²) in [6.07, 6.45) is 3.35. The van der Waals surface area contributed by atoms with Gasteiger partial charge in [0.05, 0.1) is 12.6 Å². The molecule has 0 radical (unpaired) electrons. The van der Waals surface area contributed by atoms with Gasteiger partial charge in [-0.2, -0.15) is 0 Å². The van der Waals surface area contributed by atoms with Crippen LogP contribution in [0.4, 0.5) is 0 Å². The molecule has 1 atom stereocenters. The van der Waals surface area contributed by atoms with Crippen molar-refractivity contribution in [2.24, 2.45) is 0 Å². The van der Waals surface area contributed by atoms with Crippen molar-refractivity contribution in [3.05, 3.63) is 34.9 Å². The molecule has 120 valence electrons. The van der Waals surface area contributed by atoms with E-state index >= 15 is 0 Å². The minimum absolute atomic E-state index is 0.0216. The van der Waals surface area contributed by atoms with E-state index in [1.807, 2.05) is 18.2 Å². The molecule has 0 aliphatic heterocycles. The van der Waals surface area contributed by atoms with Gasteiger partial charge in [-0.25, -0.2) is 0 Å². The SMILES string of the molecule is CC(O)CCN(C)C(=O)CNC(=O)c1ccc2c(c1)CCC2. The van der Waals surface area contributed by atoms with Gasteiger partial charge in [0, 0.05) is 19.2 Å². The zero-order valence-corrected chi connectivity index (χ0v) is 13.3. The van der Waals surface area contributed by atoms with Gasteiger partial charge < -0.3 is 15.3 Å². The average molecular weight is 304 g/mol. The van der Waals surface area contributed by atoms with Crippen LogP contribution < -0.4 is 5.32 Å². The van der Waals surface area contributed by atoms with E-state index in [1.165, 1.54) is 16.0 Å². The Labute approximate surface area is 131 Å². The van der Waals surface area contributed by atoms with E-state index in [-0.39, 0.29) is 18.4 Å². The molecule has 0 fully saturated rings. The third kappa shape index (κ3) is 4.31. The number of hydrogen-bond donors (Lipinski definition) is 2. The van der Waals surface area contributed by atoms with Crippen LogP contribution in [0.2, 0.25) is 0 Å². The lowest BCUT2D eigenvalue weighted by Gasteiger charge is -2.18. The molecule has 0 heterocycles. The van der Waals surface area contributed by atoms with E-state index in [1.54, 1.807) is 14.0 Å². The Morgan fingerprint density at radius 1 is 1.32 bits per heavy atom. The summed E-state index contributed by atoms with van der Waals surface area (Å²) in [5, 5.41) is 11.9. The number of nitrogens with zero attached hydrogens (tertiary/aromatic N) is 1. The summed E-state index contributed by atoms with van der Waals surface area (Å²) in [5.41, 5.74) is 3.18. The number of aliphatic hydroxyl groups excluding tert-OH is 1. The molecule has 2 rings (SSSR count). The fraction of sp³-hybridized carbons (Fsp3) is 0.529. The second-order valence-corrected chi connectivity index (χ2v) is 5.97. The van der Waals surface area contributed by atoms with E-state index < -0.39 is 6.10 Å². The van der Waals surface area contributed by atoms with Gasteiger partial charge in [0.2, 0.25) is 5.91 Å². The Morgan fingerprint density at radius 2 is 2.05 bits per heavy atom. The van der Waals surface area contributed by atoms with E-state index in [4.69, 9.17) is 0 Å². The van der Waals surface area contributed by atoms with Gasteiger partial charge in [0.25, 0.3) is 5.91 Å². The van der Waals surface area contributed by atoms with Crippen LogP contribution in [0.15, 0.2) is 18.2 Å². The van der Waals surface area contributed by atoms with Crippen molar-refractivity contribution in [2.75, 3.05) is 20.1 Å². The smallest absolute Gasteiger partial charge is 0.251 e. The third-order valence-corrected chi connectivity index (χ3v) is 4.07. The number of aliphatic hydroxyl groups is 1. The molecule has 1 aliphatic carbocycles. The number of carbonyl (C=O) groups excluding carboxylic acids is 2. The van der Waals surface area contributed by atoms with Crippen LogP contribution in [-0.2, 0) is 17.6 Å². The summed E-state index contributed by atoms with van der Waals surface area (Å²) in [7, 11) is 1.67. The maximum absolute atomic E-state index is 12.1. The summed E-state index contributed by atoms with van der Waals surface area (Å²) in [6.45, 7) is 2.14. The van der Waals surface area contributed by atoms with Gasteiger partial charge in [-0.05, 0) is 55.9 Å². The number of amides is 2. The summed E-state index contributed by atoms with van der Waals surface area (Å²) in [4.78, 5) is 25.5. The van der Waals surface area contributed by atoms with Crippen molar-refractivity contribution in [2.45, 2.75) is 38.7 Å². The number of fused-ring (bicyclic) bond motifs is 1. The molecule has 0 saturated heterocycles. The number of aryl methyl sites for hydroxylation is 2. The first-order chi connectivity index (χ1) is 10.5. The number of benzene rings is 1. The molecule has 1 aliphatic rings. The fourth-order valence-corrected chi connectivity index (χ4v) is 2.61. The van der Waals surface area contributed by atoms with Crippen LogP contribution in [-0.4, -0.2) is 48.1 Å². The molecular formula is C17H24N2O3. The normalized spacial score (nSPS) is 14.3. The quantitative estimate of drug-likeness (QED) is 0.828. The zero-order chi connectivity index (χ0) is 16.1. The van der Waals surface area contributed by atoms with E-state index in [0.29, 0.717) is 18.5 Å². The Kier molecular flexibility index (Phi) is 5.55. The van der Waals surface area contributed by atoms with Gasteiger partial charge >= 0.3 is 0 Å². The van der Waals surface area contributed by atoms with Crippen molar-refractivity contribution in [1.29, 1.82) is 0 Å². The van der Waals surface area contributed by atoms with Crippen molar-refractivity contribution < 1.29 is 14.7 Å². The summed E-state index contributed by atoms with van der Waals surface area (Å²) >= 11 is 0. The Morgan fingerprint density at radius 3 is 2.77 bits per heavy atom. The van der Waals surface area contributed by atoms with Crippen molar-refractivity contribution in [3.8, 4) is 0 Å². The van der Waals surface area contributed by atoms with E-state index in [2.05, 4.69) is 5.32 Å². The topological polar surface area (TPSA) is 69.6 Å². The second kappa shape index (κ2) is 7.40. The molecule has 0 saturated carbocycles. The highest BCUT2D eigenvalue weighted by molar-refractivity contribution is 5.96. The number of carbonyl (C=O) groups is 2. The van der Waals surface area contributed by atoms with Gasteiger partial charge in [-0.15, -0.1) is 0 Å². The first kappa shape index (κ1) is 16.5. The summed E-state index contributed by atoms with van der Waals surface area (Å²) in [5.74, 6) is -0.373. The Balaban J connectivity index is 1.83. The highest BCUT2D eigenvalue weighted by Crippen LogP contribution is 2.22. The lowest BCUT2D eigenvalue weighted by molar-refractivity contribution is -0.129. The summed E-state index contributed by atoms with van der Waals surface area (Å²) in [6, 6.07) is 5.76. The maximum atomic E-state index is 12.1. The zero-order valence-electron chi connectivity index (χ0n) is 13.3. The van der Waals surface area contributed by atoms with Gasteiger partial charge in [-0.3, -0.25) is 9.59 Å². The molecule has 5 nitrogen and oxygen atoms in total. The van der Waals surface area contributed by atoms with Gasteiger partial charge in [0.15, 0.2) is 0 Å². The van der Waals surface area contributed by atoms with Gasteiger partial charge in [-0.1, -0.05) is 6.07 Å². The Bertz CT molecular complexity index is 555. The Hall–Kier alpha value is -1.88. The van der Waals surface area contributed by atoms with Crippen LogP contribution in [0.3, 0.4) is 0 Å². The van der Waals surface area contributed by atoms with E-state index in [9.17, 15) is 14.7 Å². The standard InChI is InChI=1S/C17H24N2O3/c1-12(20)8-9-19(2)16(21)11-18-17(22)15-7-6-13-4-3-5-14(13)10-15/h6-7,10,12,20H,3-5,8-9,11H2,1-2H3,(H,18,22). The minimum atomic E-state index is -0.434. The first-order valence-corrected chi connectivity index (χ1v) is 7.79.